The van der Waals surface area contributed by atoms with E-state index >= 15 is 0 Å². The normalized spacial score (nSPS) is 15.4. The number of para-hydroxylation sites is 1. The van der Waals surface area contributed by atoms with Crippen LogP contribution in [0.1, 0.15) is 25.7 Å². The van der Waals surface area contributed by atoms with Crippen LogP contribution in [0.5, 0.6) is 0 Å². The number of hydrogen-bond acceptors (Lipinski definition) is 4. The fraction of sp³-hybridized carbons (Fsp3) is 0.462. The number of tetrazole rings is 1. The van der Waals surface area contributed by atoms with E-state index in [0.717, 1.165) is 24.4 Å². The minimum absolute atomic E-state index is 0.531. The minimum Gasteiger partial charge on any atom is -0.397 e. The van der Waals surface area contributed by atoms with E-state index in [2.05, 4.69) is 15.5 Å². The number of aryl methyl sites for hydroxylation is 1. The average molecular weight is 278 g/mol. The van der Waals surface area contributed by atoms with Gasteiger partial charge in [0.05, 0.1) is 10.7 Å². The highest BCUT2D eigenvalue weighted by atomic mass is 35.5. The molecule has 5 nitrogen and oxygen atoms in total. The molecule has 1 heterocycles. The maximum atomic E-state index is 6.04. The van der Waals surface area contributed by atoms with Crippen molar-refractivity contribution in [3.63, 3.8) is 0 Å². The zero-order valence-electron chi connectivity index (χ0n) is 10.6. The van der Waals surface area contributed by atoms with Crippen molar-refractivity contribution in [2.75, 3.05) is 5.73 Å². The summed E-state index contributed by atoms with van der Waals surface area (Å²) in [5, 5.41) is 12.4. The first-order valence-electron chi connectivity index (χ1n) is 6.56. The summed E-state index contributed by atoms with van der Waals surface area (Å²) >= 11 is 6.04. The van der Waals surface area contributed by atoms with Gasteiger partial charge in [0.1, 0.15) is 0 Å². The molecule has 1 fully saturated rings. The lowest BCUT2D eigenvalue weighted by Gasteiger charge is -2.25. The maximum absolute atomic E-state index is 6.04. The number of halogens is 1. The third kappa shape index (κ3) is 2.42. The standard InChI is InChI=1S/C13H16ClN5/c14-11-6-2-5-10(12(11)15)13-16-17-18-19(13)8-7-9-3-1-4-9/h2,5-6,9H,1,3-4,7-8,15H2. The highest BCUT2D eigenvalue weighted by Crippen LogP contribution is 2.32. The number of rotatable bonds is 4. The van der Waals surface area contributed by atoms with E-state index in [1.165, 1.54) is 19.3 Å². The van der Waals surface area contributed by atoms with Gasteiger partial charge in [-0.3, -0.25) is 0 Å². The van der Waals surface area contributed by atoms with Gasteiger partial charge in [-0.15, -0.1) is 5.10 Å². The van der Waals surface area contributed by atoms with Gasteiger partial charge in [0.15, 0.2) is 5.82 Å². The number of hydrogen-bond donors (Lipinski definition) is 1. The number of nitrogens with zero attached hydrogens (tertiary/aromatic N) is 4. The second-order valence-corrected chi connectivity index (χ2v) is 5.42. The van der Waals surface area contributed by atoms with Crippen molar-refractivity contribution < 1.29 is 0 Å². The summed E-state index contributed by atoms with van der Waals surface area (Å²) in [7, 11) is 0. The molecule has 1 aliphatic rings. The van der Waals surface area contributed by atoms with Crippen LogP contribution in [-0.2, 0) is 6.54 Å². The molecule has 0 saturated heterocycles. The molecule has 6 heteroatoms. The molecule has 0 spiro atoms. The molecule has 19 heavy (non-hydrogen) atoms. The first-order chi connectivity index (χ1) is 9.25. The monoisotopic (exact) mass is 277 g/mol. The van der Waals surface area contributed by atoms with E-state index in [1.54, 1.807) is 6.07 Å². The Morgan fingerprint density at radius 3 is 2.95 bits per heavy atom. The quantitative estimate of drug-likeness (QED) is 0.873. The van der Waals surface area contributed by atoms with Gasteiger partial charge in [0.25, 0.3) is 0 Å². The summed E-state index contributed by atoms with van der Waals surface area (Å²) < 4.78 is 1.82. The molecule has 2 aromatic rings. The second kappa shape index (κ2) is 5.17. The second-order valence-electron chi connectivity index (χ2n) is 5.01. The van der Waals surface area contributed by atoms with Crippen molar-refractivity contribution in [2.24, 2.45) is 5.92 Å². The molecule has 100 valence electrons. The van der Waals surface area contributed by atoms with E-state index in [-0.39, 0.29) is 0 Å². The summed E-state index contributed by atoms with van der Waals surface area (Å²) in [5.74, 6) is 1.52. The van der Waals surface area contributed by atoms with E-state index < -0.39 is 0 Å². The summed E-state index contributed by atoms with van der Waals surface area (Å²) in [6.45, 7) is 0.832. The van der Waals surface area contributed by atoms with E-state index in [1.807, 2.05) is 16.8 Å². The fourth-order valence-corrected chi connectivity index (χ4v) is 2.54. The Morgan fingerprint density at radius 2 is 2.21 bits per heavy atom. The third-order valence-electron chi connectivity index (χ3n) is 3.80. The summed E-state index contributed by atoms with van der Waals surface area (Å²) in [6, 6.07) is 5.52. The van der Waals surface area contributed by atoms with Crippen molar-refractivity contribution in [1.29, 1.82) is 0 Å². The van der Waals surface area contributed by atoms with Gasteiger partial charge in [-0.1, -0.05) is 36.9 Å². The first-order valence-corrected chi connectivity index (χ1v) is 6.94. The van der Waals surface area contributed by atoms with Gasteiger partial charge < -0.3 is 5.73 Å². The molecule has 2 N–H and O–H groups in total. The van der Waals surface area contributed by atoms with Crippen LogP contribution in [0.15, 0.2) is 18.2 Å². The predicted molar refractivity (Wildman–Crippen MR) is 74.6 cm³/mol. The Morgan fingerprint density at radius 1 is 1.37 bits per heavy atom. The summed E-state index contributed by atoms with van der Waals surface area (Å²) in [6.07, 6.45) is 5.14. The van der Waals surface area contributed by atoms with E-state index in [0.29, 0.717) is 16.5 Å². The van der Waals surface area contributed by atoms with Crippen molar-refractivity contribution in [1.82, 2.24) is 20.2 Å². The molecule has 3 rings (SSSR count). The van der Waals surface area contributed by atoms with Crippen molar-refractivity contribution in [3.05, 3.63) is 23.2 Å². The molecule has 0 atom stereocenters. The Bertz CT molecular complexity index is 576. The minimum atomic E-state index is 0.531. The molecule has 0 unspecified atom stereocenters. The van der Waals surface area contributed by atoms with Gasteiger partial charge in [-0.2, -0.15) is 0 Å². The molecule has 0 radical (unpaired) electrons. The Kier molecular flexibility index (Phi) is 3.38. The van der Waals surface area contributed by atoms with Gasteiger partial charge in [-0.05, 0) is 34.9 Å². The number of nitrogens with two attached hydrogens (primary N) is 1. The van der Waals surface area contributed by atoms with E-state index in [4.69, 9.17) is 17.3 Å². The van der Waals surface area contributed by atoms with Crippen molar-refractivity contribution >= 4 is 17.3 Å². The van der Waals surface area contributed by atoms with Crippen molar-refractivity contribution in [3.8, 4) is 11.4 Å². The predicted octanol–water partition coefficient (Wildman–Crippen LogP) is 2.77. The van der Waals surface area contributed by atoms with Gasteiger partial charge in [0.2, 0.25) is 0 Å². The molecule has 1 aromatic carbocycles. The zero-order valence-corrected chi connectivity index (χ0v) is 11.3. The number of benzene rings is 1. The lowest BCUT2D eigenvalue weighted by atomic mass is 9.83. The number of nitrogen functional groups attached to an aromatic ring is 1. The third-order valence-corrected chi connectivity index (χ3v) is 4.13. The Hall–Kier alpha value is -1.62. The smallest absolute Gasteiger partial charge is 0.184 e. The molecular formula is C13H16ClN5. The van der Waals surface area contributed by atoms with Crippen LogP contribution in [0.2, 0.25) is 5.02 Å². The lowest BCUT2D eigenvalue weighted by molar-refractivity contribution is 0.277. The largest absolute Gasteiger partial charge is 0.397 e. The van der Waals surface area contributed by atoms with Crippen molar-refractivity contribution in [2.45, 2.75) is 32.2 Å². The molecular weight excluding hydrogens is 262 g/mol. The molecule has 1 aliphatic carbocycles. The van der Waals surface area contributed by atoms with Crippen LogP contribution < -0.4 is 5.73 Å². The average Bonchev–Trinajstić information content (AvgIpc) is 2.79. The number of aromatic nitrogens is 4. The number of anilines is 1. The van der Waals surface area contributed by atoms with Crippen LogP contribution >= 0.6 is 11.6 Å². The van der Waals surface area contributed by atoms with Crippen LogP contribution in [0.4, 0.5) is 5.69 Å². The highest BCUT2D eigenvalue weighted by molar-refractivity contribution is 6.33. The SMILES string of the molecule is Nc1c(Cl)cccc1-c1nnnn1CCC1CCC1. The lowest BCUT2D eigenvalue weighted by Crippen LogP contribution is -2.15. The topological polar surface area (TPSA) is 69.6 Å². The van der Waals surface area contributed by atoms with Gasteiger partial charge >= 0.3 is 0 Å². The molecule has 1 saturated carbocycles. The zero-order chi connectivity index (χ0) is 13.2. The molecule has 0 aliphatic heterocycles. The Balaban J connectivity index is 1.84. The van der Waals surface area contributed by atoms with Gasteiger partial charge in [0, 0.05) is 12.1 Å². The molecule has 0 bridgehead atoms. The first kappa shape index (κ1) is 12.4. The van der Waals surface area contributed by atoms with Crippen LogP contribution in [0, 0.1) is 5.92 Å². The van der Waals surface area contributed by atoms with Crippen LogP contribution in [0.3, 0.4) is 0 Å². The van der Waals surface area contributed by atoms with Crippen LogP contribution in [0.25, 0.3) is 11.4 Å². The summed E-state index contributed by atoms with van der Waals surface area (Å²) in [4.78, 5) is 0. The maximum Gasteiger partial charge on any atom is 0.184 e. The Labute approximate surface area is 116 Å². The van der Waals surface area contributed by atoms with Gasteiger partial charge in [-0.25, -0.2) is 4.68 Å². The van der Waals surface area contributed by atoms with E-state index in [9.17, 15) is 0 Å². The highest BCUT2D eigenvalue weighted by Gasteiger charge is 2.19. The fourth-order valence-electron chi connectivity index (χ4n) is 2.37. The van der Waals surface area contributed by atoms with Crippen LogP contribution in [-0.4, -0.2) is 20.2 Å². The molecule has 1 aromatic heterocycles. The summed E-state index contributed by atoms with van der Waals surface area (Å²) in [5.41, 5.74) is 7.32. The molecule has 0 amide bonds.